The van der Waals surface area contributed by atoms with Gasteiger partial charge in [0.15, 0.2) is 23.8 Å². The molecule has 67 heavy (non-hydrogen) atoms. The number of rotatable bonds is 19. The van der Waals surface area contributed by atoms with Crippen LogP contribution in [0.5, 0.6) is 0 Å². The lowest BCUT2D eigenvalue weighted by atomic mass is 10.1. The lowest BCUT2D eigenvalue weighted by Gasteiger charge is -2.27. The van der Waals surface area contributed by atoms with E-state index in [1.54, 1.807) is 45.0 Å². The highest BCUT2D eigenvalue weighted by atomic mass is 31.2. The molecule has 2 aliphatic heterocycles. The zero-order chi connectivity index (χ0) is 48.7. The van der Waals surface area contributed by atoms with Gasteiger partial charge in [0.1, 0.15) is 54.3 Å². The predicted octanol–water partition coefficient (Wildman–Crippen LogP) is 1.38. The average molecular weight is 983 g/mol. The van der Waals surface area contributed by atoms with Gasteiger partial charge in [0.2, 0.25) is 0 Å². The number of aliphatic hydroxyl groups excluding tert-OH is 1. The van der Waals surface area contributed by atoms with E-state index in [9.17, 15) is 48.1 Å². The van der Waals surface area contributed by atoms with E-state index < -0.39 is 113 Å². The molecule has 0 spiro atoms. The second-order valence-electron chi connectivity index (χ2n) is 16.3. The number of hydrogen-bond acceptors (Lipinski definition) is 20. The summed E-state index contributed by atoms with van der Waals surface area (Å²) in [4.78, 5) is 98.1. The number of phosphoric acid groups is 1. The molecular weight excluding hydrogens is 930 g/mol. The molecule has 0 aliphatic carbocycles. The zero-order valence-electron chi connectivity index (χ0n) is 36.3. The molecule has 6 rings (SSSR count). The van der Waals surface area contributed by atoms with Gasteiger partial charge in [-0.25, -0.2) is 38.7 Å². The fraction of sp³-hybridized carbons (Fsp3) is 0.526. The minimum atomic E-state index is -5.14. The third kappa shape index (κ3) is 13.7. The standard InChI is InChI=1S/C38H52N10O17P2/c1-38(2,3)65-37(53)45-22(11-7-8-13-41-36(52)59-16-21-9-5-4-6-10-21)34(50)64-30-24(63-33(29(30)49)48-20-44-28-31(40)42-19-43-32(28)48)18-60-66(54,55)25-15-27(47-14-12-26(39)46-35(47)51)62-23(25)17-61-67(56,57)58/h4-6,9-10,12,14,19-20,22-25,27,29-30,33,49H,7-8,11,13,15-18H2,1-3H3,(H,41,52)(H,45,53)(H,54,55)(H2,39,46,51)(H2,40,42,43)(H2,56,57,58)/t22-,23+,24+,25-,27+,29+,30+,33+/m0/s1. The number of hydrogen-bond donors (Lipinski definition) is 8. The molecule has 0 bridgehead atoms. The van der Waals surface area contributed by atoms with Gasteiger partial charge in [-0.05, 0) is 51.7 Å². The summed E-state index contributed by atoms with van der Waals surface area (Å²) in [7, 11) is -10.2. The molecule has 2 aliphatic rings. The molecular formula is C38H52N10O17P2. The number of anilines is 2. The van der Waals surface area contributed by atoms with Crippen LogP contribution in [0.2, 0.25) is 0 Å². The molecule has 29 heteroatoms. The van der Waals surface area contributed by atoms with E-state index in [4.69, 9.17) is 39.7 Å². The van der Waals surface area contributed by atoms with E-state index in [1.165, 1.54) is 23.2 Å². The Bertz CT molecular complexity index is 2520. The Kier molecular flexibility index (Phi) is 16.4. The number of nitrogen functional groups attached to an aromatic ring is 2. The van der Waals surface area contributed by atoms with Crippen molar-refractivity contribution in [2.75, 3.05) is 31.2 Å². The van der Waals surface area contributed by atoms with Crippen molar-refractivity contribution < 1.29 is 76.0 Å². The van der Waals surface area contributed by atoms with Gasteiger partial charge in [-0.15, -0.1) is 0 Å². The van der Waals surface area contributed by atoms with Crippen molar-refractivity contribution in [2.24, 2.45) is 0 Å². The van der Waals surface area contributed by atoms with Crippen molar-refractivity contribution in [1.29, 1.82) is 0 Å². The summed E-state index contributed by atoms with van der Waals surface area (Å²) in [6.45, 7) is 3.21. The van der Waals surface area contributed by atoms with Crippen LogP contribution in [0.15, 0.2) is 60.0 Å². The van der Waals surface area contributed by atoms with Crippen molar-refractivity contribution in [3.05, 3.63) is 71.3 Å². The Morgan fingerprint density at radius 1 is 0.955 bits per heavy atom. The molecule has 2 saturated heterocycles. The summed E-state index contributed by atoms with van der Waals surface area (Å²) in [6.07, 6.45) is -7.37. The SMILES string of the molecule is CC(C)(C)OC(=O)N[C@@H](CCCCNC(=O)OCc1ccccc1)C(=O)O[C@H]1[C@@H](O)[C@H](n2cnc3c(N)ncnc32)O[C@@H]1COP(=O)(O)[C@H]1C[C@H](n2ccc(N)nc2=O)O[C@@H]1COP(=O)(O)O. The van der Waals surface area contributed by atoms with E-state index in [-0.39, 0.29) is 48.8 Å². The first-order valence-corrected chi connectivity index (χ1v) is 23.8. The number of aliphatic hydroxyl groups is 1. The molecule has 2 amide bonds. The maximum Gasteiger partial charge on any atom is 0.469 e. The first-order valence-electron chi connectivity index (χ1n) is 20.7. The van der Waals surface area contributed by atoms with E-state index in [1.807, 2.05) is 6.07 Å². The molecule has 1 unspecified atom stereocenters. The van der Waals surface area contributed by atoms with Crippen LogP contribution in [-0.4, -0.2) is 128 Å². The summed E-state index contributed by atoms with van der Waals surface area (Å²) in [5.74, 6) is -1.22. The number of nitrogens with two attached hydrogens (primary N) is 2. The first kappa shape index (κ1) is 50.8. The first-order chi connectivity index (χ1) is 31.6. The Balaban J connectivity index is 1.20. The van der Waals surface area contributed by atoms with Crippen LogP contribution in [-0.2, 0) is 53.3 Å². The number of fused-ring (bicyclic) bond motifs is 1. The van der Waals surface area contributed by atoms with Crippen LogP contribution in [0.25, 0.3) is 11.2 Å². The Morgan fingerprint density at radius 2 is 1.69 bits per heavy atom. The number of nitrogens with zero attached hydrogens (tertiary/aromatic N) is 6. The summed E-state index contributed by atoms with van der Waals surface area (Å²) in [5, 5.41) is 16.9. The minimum Gasteiger partial charge on any atom is -0.455 e. The highest BCUT2D eigenvalue weighted by Crippen LogP contribution is 2.56. The molecule has 27 nitrogen and oxygen atoms in total. The number of unbranched alkanes of at least 4 members (excludes halogenated alkanes) is 1. The average Bonchev–Trinajstić information content (AvgIpc) is 3.97. The zero-order valence-corrected chi connectivity index (χ0v) is 38.1. The van der Waals surface area contributed by atoms with Crippen molar-refractivity contribution in [2.45, 2.75) is 107 Å². The van der Waals surface area contributed by atoms with Crippen LogP contribution in [0.4, 0.5) is 21.2 Å². The van der Waals surface area contributed by atoms with E-state index in [0.717, 1.165) is 16.5 Å². The summed E-state index contributed by atoms with van der Waals surface area (Å²) < 4.78 is 66.5. The van der Waals surface area contributed by atoms with Gasteiger partial charge in [0.05, 0.1) is 31.3 Å². The third-order valence-electron chi connectivity index (χ3n) is 10.2. The number of esters is 1. The number of alkyl carbamates (subject to hydrolysis) is 2. The molecule has 366 valence electrons. The quantitative estimate of drug-likeness (QED) is 0.0285. The maximum atomic E-state index is 14.1. The predicted molar refractivity (Wildman–Crippen MR) is 230 cm³/mol. The minimum absolute atomic E-state index is 0.0120. The van der Waals surface area contributed by atoms with Gasteiger partial charge in [-0.1, -0.05) is 30.3 Å². The number of nitrogens with one attached hydrogen (secondary N) is 2. The van der Waals surface area contributed by atoms with Gasteiger partial charge < -0.3 is 70.1 Å². The highest BCUT2D eigenvalue weighted by molar-refractivity contribution is 7.53. The monoisotopic (exact) mass is 982 g/mol. The van der Waals surface area contributed by atoms with Crippen LogP contribution in [0.3, 0.4) is 0 Å². The maximum absolute atomic E-state index is 14.1. The smallest absolute Gasteiger partial charge is 0.455 e. The van der Waals surface area contributed by atoms with Crippen LogP contribution < -0.4 is 27.8 Å². The third-order valence-corrected chi connectivity index (χ3v) is 12.6. The topological polar surface area (TPSA) is 385 Å². The highest BCUT2D eigenvalue weighted by Gasteiger charge is 2.52. The second kappa shape index (κ2) is 21.6. The van der Waals surface area contributed by atoms with E-state index >= 15 is 0 Å². The van der Waals surface area contributed by atoms with E-state index in [0.29, 0.717) is 6.42 Å². The largest absolute Gasteiger partial charge is 0.469 e. The Hall–Kier alpha value is -5.60. The lowest BCUT2D eigenvalue weighted by molar-refractivity contribution is -0.159. The molecule has 0 saturated carbocycles. The van der Waals surface area contributed by atoms with Crippen molar-refractivity contribution in [3.8, 4) is 0 Å². The number of carbonyl (C=O) groups excluding carboxylic acids is 3. The molecule has 1 aromatic carbocycles. The number of carbonyl (C=O) groups is 3. The molecule has 4 aromatic rings. The normalized spacial score (nSPS) is 23.3. The Labute approximate surface area is 381 Å². The number of imidazole rings is 1. The number of phosphoric ester groups is 1. The molecule has 2 fully saturated rings. The summed E-state index contributed by atoms with van der Waals surface area (Å²) in [5.41, 5.74) is 9.11. The molecule has 0 radical (unpaired) electrons. The second-order valence-corrected chi connectivity index (χ2v) is 19.6. The molecule has 3 aromatic heterocycles. The van der Waals surface area contributed by atoms with Gasteiger partial charge in [-0.3, -0.25) is 18.2 Å². The van der Waals surface area contributed by atoms with Crippen LogP contribution in [0, 0.1) is 0 Å². The van der Waals surface area contributed by atoms with Crippen molar-refractivity contribution >= 4 is 56.4 Å². The number of ether oxygens (including phenoxy) is 5. The fourth-order valence-corrected chi connectivity index (χ4v) is 9.03. The molecule has 10 N–H and O–H groups in total. The number of aromatic nitrogens is 6. The van der Waals surface area contributed by atoms with Crippen molar-refractivity contribution in [1.82, 2.24) is 39.7 Å². The van der Waals surface area contributed by atoms with E-state index in [2.05, 4.69) is 35.1 Å². The number of amides is 2. The molecule has 5 heterocycles. The fourth-order valence-electron chi connectivity index (χ4n) is 7.11. The Morgan fingerprint density at radius 3 is 2.39 bits per heavy atom. The van der Waals surface area contributed by atoms with Gasteiger partial charge in [0.25, 0.3) is 0 Å². The van der Waals surface area contributed by atoms with Crippen molar-refractivity contribution in [3.63, 3.8) is 0 Å². The summed E-state index contributed by atoms with van der Waals surface area (Å²) >= 11 is 0. The van der Waals surface area contributed by atoms with Gasteiger partial charge in [-0.2, -0.15) is 4.98 Å². The van der Waals surface area contributed by atoms with Gasteiger partial charge >= 0.3 is 39.3 Å². The number of benzene rings is 1. The summed E-state index contributed by atoms with van der Waals surface area (Å²) in [6, 6.07) is 8.89. The lowest BCUT2D eigenvalue weighted by Crippen LogP contribution is -2.47. The molecule has 9 atom stereocenters. The van der Waals surface area contributed by atoms with Gasteiger partial charge in [0, 0.05) is 19.2 Å². The van der Waals surface area contributed by atoms with Crippen LogP contribution >= 0.6 is 15.4 Å². The van der Waals surface area contributed by atoms with Crippen LogP contribution in [0.1, 0.15) is 64.5 Å².